The molecule has 2 N–H and O–H groups in total. The lowest BCUT2D eigenvalue weighted by atomic mass is 10.2. The van der Waals surface area contributed by atoms with Gasteiger partial charge in [-0.2, -0.15) is 0 Å². The third kappa shape index (κ3) is 4.34. The average Bonchev–Trinajstić information content (AvgIpc) is 2.96. The van der Waals surface area contributed by atoms with E-state index < -0.39 is 0 Å². The number of amides is 2. The molecule has 28 heavy (non-hydrogen) atoms. The fourth-order valence-electron chi connectivity index (χ4n) is 3.19. The van der Waals surface area contributed by atoms with E-state index in [1.165, 1.54) is 12.1 Å². The third-order valence-electron chi connectivity index (χ3n) is 4.50. The van der Waals surface area contributed by atoms with Crippen molar-refractivity contribution in [1.82, 2.24) is 9.88 Å². The zero-order chi connectivity index (χ0) is 20.1. The zero-order valence-corrected chi connectivity index (χ0v) is 16.3. The number of rotatable bonds is 6. The normalized spacial score (nSPS) is 10.6. The summed E-state index contributed by atoms with van der Waals surface area (Å²) in [5, 5.41) is 5.70. The summed E-state index contributed by atoms with van der Waals surface area (Å²) in [6.45, 7) is 6.76. The molecule has 3 rings (SSSR count). The Kier molecular flexibility index (Phi) is 5.99. The summed E-state index contributed by atoms with van der Waals surface area (Å²) in [6, 6.07) is 15.4. The number of anilines is 1. The molecule has 2 aromatic carbocycles. The Hall–Kier alpha value is -3.28. The maximum absolute atomic E-state index is 13.2. The number of benzene rings is 2. The Labute approximate surface area is 164 Å². The maximum atomic E-state index is 13.2. The molecule has 0 saturated heterocycles. The van der Waals surface area contributed by atoms with Crippen molar-refractivity contribution in [3.63, 3.8) is 0 Å². The van der Waals surface area contributed by atoms with Crippen molar-refractivity contribution < 1.29 is 13.9 Å². The lowest BCUT2D eigenvalue weighted by Gasteiger charge is -2.12. The molecule has 0 bridgehead atoms. The van der Waals surface area contributed by atoms with Crippen LogP contribution in [0, 0.1) is 19.7 Å². The number of para-hydroxylation sites is 2. The summed E-state index contributed by atoms with van der Waals surface area (Å²) in [6.07, 6.45) is 0. The average molecular weight is 381 g/mol. The topological polar surface area (TPSA) is 55.3 Å². The highest BCUT2D eigenvalue weighted by Gasteiger charge is 2.12. The molecule has 0 aliphatic rings. The molecule has 1 heterocycles. The van der Waals surface area contributed by atoms with E-state index in [2.05, 4.69) is 10.6 Å². The molecule has 3 aromatic rings. The van der Waals surface area contributed by atoms with Gasteiger partial charge in [0.25, 0.3) is 0 Å². The van der Waals surface area contributed by atoms with E-state index in [4.69, 9.17) is 4.74 Å². The number of nitrogens with one attached hydrogen (secondary N) is 2. The summed E-state index contributed by atoms with van der Waals surface area (Å²) in [5.74, 6) is 0.367. The number of nitrogens with zero attached hydrogens (tertiary/aromatic N) is 1. The van der Waals surface area contributed by atoms with Crippen LogP contribution in [-0.4, -0.2) is 17.2 Å². The second-order valence-electron chi connectivity index (χ2n) is 6.45. The number of carbonyl (C=O) groups excluding carboxylic acids is 1. The number of carbonyl (C=O) groups is 1. The number of urea groups is 1. The van der Waals surface area contributed by atoms with Crippen LogP contribution in [0.25, 0.3) is 5.69 Å². The van der Waals surface area contributed by atoms with Gasteiger partial charge in [0.05, 0.1) is 12.3 Å². The SMILES string of the molecule is CCOc1ccccc1NC(=O)NCc1cc(C)n(-c2ccc(F)cc2)c1C. The molecule has 6 heteroatoms. The van der Waals surface area contributed by atoms with Crippen LogP contribution in [0.1, 0.15) is 23.9 Å². The summed E-state index contributed by atoms with van der Waals surface area (Å²) >= 11 is 0. The standard InChI is InChI=1S/C22H24FN3O2/c1-4-28-21-8-6-5-7-20(21)25-22(27)24-14-17-13-15(2)26(16(17)3)19-11-9-18(23)10-12-19/h5-13H,4,14H2,1-3H3,(H2,24,25,27). The number of halogens is 1. The summed E-state index contributed by atoms with van der Waals surface area (Å²) in [7, 11) is 0. The van der Waals surface area contributed by atoms with Gasteiger partial charge in [-0.05, 0) is 68.8 Å². The minimum absolute atomic E-state index is 0.267. The number of aryl methyl sites for hydroxylation is 1. The fraction of sp³-hybridized carbons (Fsp3) is 0.227. The van der Waals surface area contributed by atoms with Gasteiger partial charge < -0.3 is 19.9 Å². The molecule has 0 radical (unpaired) electrons. The number of hydrogen-bond acceptors (Lipinski definition) is 2. The van der Waals surface area contributed by atoms with Crippen molar-refractivity contribution in [2.24, 2.45) is 0 Å². The highest BCUT2D eigenvalue weighted by atomic mass is 19.1. The maximum Gasteiger partial charge on any atom is 0.319 e. The highest BCUT2D eigenvalue weighted by Crippen LogP contribution is 2.24. The van der Waals surface area contributed by atoms with Crippen LogP contribution in [0.2, 0.25) is 0 Å². The number of ether oxygens (including phenoxy) is 1. The molecule has 2 amide bonds. The minimum Gasteiger partial charge on any atom is -0.492 e. The summed E-state index contributed by atoms with van der Waals surface area (Å²) < 4.78 is 20.8. The Morgan fingerprint density at radius 2 is 1.82 bits per heavy atom. The molecule has 1 aromatic heterocycles. The Morgan fingerprint density at radius 1 is 1.11 bits per heavy atom. The van der Waals surface area contributed by atoms with Crippen LogP contribution in [0.4, 0.5) is 14.9 Å². The van der Waals surface area contributed by atoms with Gasteiger partial charge >= 0.3 is 6.03 Å². The van der Waals surface area contributed by atoms with Gasteiger partial charge in [0.1, 0.15) is 11.6 Å². The van der Waals surface area contributed by atoms with E-state index in [0.717, 1.165) is 22.6 Å². The Bertz CT molecular complexity index is 964. The largest absolute Gasteiger partial charge is 0.492 e. The molecular formula is C22H24FN3O2. The van der Waals surface area contributed by atoms with E-state index in [0.29, 0.717) is 24.6 Å². The van der Waals surface area contributed by atoms with E-state index >= 15 is 0 Å². The second-order valence-corrected chi connectivity index (χ2v) is 6.45. The second kappa shape index (κ2) is 8.61. The Balaban J connectivity index is 1.69. The summed E-state index contributed by atoms with van der Waals surface area (Å²) in [5.41, 5.74) is 4.52. The van der Waals surface area contributed by atoms with Gasteiger partial charge in [0.2, 0.25) is 0 Å². The molecule has 0 fully saturated rings. The first-order valence-corrected chi connectivity index (χ1v) is 9.20. The Morgan fingerprint density at radius 3 is 2.54 bits per heavy atom. The van der Waals surface area contributed by atoms with Crippen LogP contribution in [0.3, 0.4) is 0 Å². The van der Waals surface area contributed by atoms with Gasteiger partial charge in [0.15, 0.2) is 0 Å². The molecule has 0 atom stereocenters. The van der Waals surface area contributed by atoms with E-state index in [-0.39, 0.29) is 11.8 Å². The smallest absolute Gasteiger partial charge is 0.319 e. The predicted octanol–water partition coefficient (Wildman–Crippen LogP) is 4.95. The molecule has 5 nitrogen and oxygen atoms in total. The van der Waals surface area contributed by atoms with Gasteiger partial charge in [-0.15, -0.1) is 0 Å². The molecule has 0 spiro atoms. The monoisotopic (exact) mass is 381 g/mol. The lowest BCUT2D eigenvalue weighted by molar-refractivity contribution is 0.251. The zero-order valence-electron chi connectivity index (χ0n) is 16.3. The van der Waals surface area contributed by atoms with Crippen LogP contribution in [-0.2, 0) is 6.54 Å². The third-order valence-corrected chi connectivity index (χ3v) is 4.50. The van der Waals surface area contributed by atoms with Crippen LogP contribution >= 0.6 is 0 Å². The fourth-order valence-corrected chi connectivity index (χ4v) is 3.19. The van der Waals surface area contributed by atoms with Crippen molar-refractivity contribution in [3.05, 3.63) is 77.4 Å². The molecule has 0 unspecified atom stereocenters. The molecule has 0 saturated carbocycles. The highest BCUT2D eigenvalue weighted by molar-refractivity contribution is 5.90. The lowest BCUT2D eigenvalue weighted by Crippen LogP contribution is -2.28. The molecular weight excluding hydrogens is 357 g/mol. The number of aromatic nitrogens is 1. The van der Waals surface area contributed by atoms with E-state index in [9.17, 15) is 9.18 Å². The van der Waals surface area contributed by atoms with Gasteiger partial charge in [-0.3, -0.25) is 0 Å². The van der Waals surface area contributed by atoms with E-state index in [1.54, 1.807) is 18.2 Å². The summed E-state index contributed by atoms with van der Waals surface area (Å²) in [4.78, 5) is 12.3. The van der Waals surface area contributed by atoms with Crippen LogP contribution < -0.4 is 15.4 Å². The van der Waals surface area contributed by atoms with Crippen molar-refractivity contribution in [2.75, 3.05) is 11.9 Å². The molecule has 146 valence electrons. The van der Waals surface area contributed by atoms with E-state index in [1.807, 2.05) is 49.6 Å². The van der Waals surface area contributed by atoms with Crippen molar-refractivity contribution in [2.45, 2.75) is 27.3 Å². The van der Waals surface area contributed by atoms with Crippen molar-refractivity contribution >= 4 is 11.7 Å². The van der Waals surface area contributed by atoms with Gasteiger partial charge in [-0.25, -0.2) is 9.18 Å². The molecule has 0 aliphatic heterocycles. The quantitative estimate of drug-likeness (QED) is 0.634. The van der Waals surface area contributed by atoms with Gasteiger partial charge in [-0.1, -0.05) is 12.1 Å². The van der Waals surface area contributed by atoms with Crippen molar-refractivity contribution in [1.29, 1.82) is 0 Å². The minimum atomic E-state index is -0.307. The first-order valence-electron chi connectivity index (χ1n) is 9.20. The van der Waals surface area contributed by atoms with Crippen LogP contribution in [0.15, 0.2) is 54.6 Å². The van der Waals surface area contributed by atoms with Crippen LogP contribution in [0.5, 0.6) is 5.75 Å². The first-order chi connectivity index (χ1) is 13.5. The van der Waals surface area contributed by atoms with Crippen molar-refractivity contribution in [3.8, 4) is 11.4 Å². The molecule has 0 aliphatic carbocycles. The predicted molar refractivity (Wildman–Crippen MR) is 109 cm³/mol. The first kappa shape index (κ1) is 19.5. The number of hydrogen-bond donors (Lipinski definition) is 2. The van der Waals surface area contributed by atoms with Gasteiger partial charge in [0, 0.05) is 23.6 Å².